The van der Waals surface area contributed by atoms with Crippen molar-refractivity contribution in [3.05, 3.63) is 29.8 Å². The summed E-state index contributed by atoms with van der Waals surface area (Å²) in [4.78, 5) is 4.10. The quantitative estimate of drug-likeness (QED) is 0.666. The lowest BCUT2D eigenvalue weighted by Crippen LogP contribution is -2.03. The Hall–Kier alpha value is -1.29. The summed E-state index contributed by atoms with van der Waals surface area (Å²) in [5, 5.41) is 4.58. The molecule has 0 saturated carbocycles. The summed E-state index contributed by atoms with van der Waals surface area (Å²) in [6.07, 6.45) is 5.18. The summed E-state index contributed by atoms with van der Waals surface area (Å²) in [7, 11) is 1.89. The van der Waals surface area contributed by atoms with Crippen molar-refractivity contribution in [2.45, 2.75) is 0 Å². The molecule has 4 nitrogen and oxygen atoms in total. The Balaban J connectivity index is 2.57. The Morgan fingerprint density at radius 1 is 1.42 bits per heavy atom. The number of hydrogen-bond acceptors (Lipinski definition) is 2. The van der Waals surface area contributed by atoms with Crippen LogP contribution in [0.15, 0.2) is 24.7 Å². The number of aromatic nitrogens is 4. The van der Waals surface area contributed by atoms with E-state index in [0.717, 1.165) is 0 Å². The van der Waals surface area contributed by atoms with E-state index in [2.05, 4.69) is 10.1 Å². The van der Waals surface area contributed by atoms with E-state index in [4.69, 9.17) is 11.6 Å². The van der Waals surface area contributed by atoms with E-state index < -0.39 is 0 Å². The van der Waals surface area contributed by atoms with Crippen LogP contribution in [0.4, 0.5) is 0 Å². The van der Waals surface area contributed by atoms with E-state index in [1.165, 1.54) is 0 Å². The van der Waals surface area contributed by atoms with Crippen molar-refractivity contribution < 1.29 is 0 Å². The lowest BCUT2D eigenvalue weighted by Gasteiger charge is -2.00. The summed E-state index contributed by atoms with van der Waals surface area (Å²) in [5.74, 6) is 0.713. The van der Waals surface area contributed by atoms with Crippen molar-refractivity contribution >= 4 is 11.6 Å². The first-order valence-electron chi connectivity index (χ1n) is 3.46. The fraction of sp³-hybridized carbons (Fsp3) is 0.143. The van der Waals surface area contributed by atoms with E-state index in [1.807, 2.05) is 17.8 Å². The Morgan fingerprint density at radius 2 is 2.25 bits per heavy atom. The van der Waals surface area contributed by atoms with Crippen LogP contribution in [0.2, 0.25) is 5.15 Å². The Labute approximate surface area is 74.4 Å². The molecule has 2 rings (SSSR count). The van der Waals surface area contributed by atoms with E-state index in [0.29, 0.717) is 11.1 Å². The van der Waals surface area contributed by atoms with Crippen molar-refractivity contribution in [2.75, 3.05) is 0 Å². The van der Waals surface area contributed by atoms with Crippen molar-refractivity contribution in [1.29, 1.82) is 0 Å². The number of nitrogens with zero attached hydrogens (tertiary/aromatic N) is 4. The monoisotopic (exact) mass is 182 g/mol. The summed E-state index contributed by atoms with van der Waals surface area (Å²) in [6, 6.07) is 1.72. The molecule has 0 atom stereocenters. The van der Waals surface area contributed by atoms with Gasteiger partial charge in [0.2, 0.25) is 5.95 Å². The number of aryl methyl sites for hydroxylation is 1. The standard InChI is InChI=1S/C7H7ClN4/c1-11-5-4-9-7(11)12-6(8)2-3-10-12/h2-5H,1H3. The second kappa shape index (κ2) is 2.64. The molecule has 0 aliphatic rings. The molecular formula is C7H7ClN4. The van der Waals surface area contributed by atoms with Gasteiger partial charge in [0.15, 0.2) is 0 Å². The average Bonchev–Trinajstić information content (AvgIpc) is 2.59. The minimum absolute atomic E-state index is 0.560. The van der Waals surface area contributed by atoms with Crippen LogP contribution in [0.3, 0.4) is 0 Å². The van der Waals surface area contributed by atoms with Crippen LogP contribution in [0.25, 0.3) is 5.95 Å². The van der Waals surface area contributed by atoms with Gasteiger partial charge in [-0.05, 0) is 6.07 Å². The van der Waals surface area contributed by atoms with E-state index in [9.17, 15) is 0 Å². The lowest BCUT2D eigenvalue weighted by molar-refractivity contribution is 0.750. The Morgan fingerprint density at radius 3 is 2.75 bits per heavy atom. The Bertz CT molecular complexity index is 351. The fourth-order valence-corrected chi connectivity index (χ4v) is 1.17. The van der Waals surface area contributed by atoms with Crippen LogP contribution in [0, 0.1) is 0 Å². The molecule has 0 amide bonds. The second-order valence-corrected chi connectivity index (χ2v) is 2.79. The number of halogens is 1. The first kappa shape index (κ1) is 7.36. The first-order valence-corrected chi connectivity index (χ1v) is 3.84. The van der Waals surface area contributed by atoms with Gasteiger partial charge in [0.1, 0.15) is 5.15 Å². The predicted molar refractivity (Wildman–Crippen MR) is 45.3 cm³/mol. The van der Waals surface area contributed by atoms with Crippen LogP contribution in [-0.2, 0) is 7.05 Å². The van der Waals surface area contributed by atoms with Gasteiger partial charge in [-0.25, -0.2) is 4.98 Å². The minimum atomic E-state index is 0.560. The van der Waals surface area contributed by atoms with Gasteiger partial charge in [0.05, 0.1) is 6.20 Å². The molecule has 5 heteroatoms. The van der Waals surface area contributed by atoms with Crippen molar-refractivity contribution in [1.82, 2.24) is 19.3 Å². The fourth-order valence-electron chi connectivity index (χ4n) is 0.996. The van der Waals surface area contributed by atoms with Crippen LogP contribution in [-0.4, -0.2) is 19.3 Å². The molecule has 2 heterocycles. The number of rotatable bonds is 1. The van der Waals surface area contributed by atoms with Crippen LogP contribution in [0.1, 0.15) is 0 Å². The average molecular weight is 183 g/mol. The zero-order valence-electron chi connectivity index (χ0n) is 6.48. The van der Waals surface area contributed by atoms with Gasteiger partial charge >= 0.3 is 0 Å². The molecule has 0 aliphatic carbocycles. The number of imidazole rings is 1. The molecule has 12 heavy (non-hydrogen) atoms. The van der Waals surface area contributed by atoms with Crippen molar-refractivity contribution in [2.24, 2.45) is 7.05 Å². The van der Waals surface area contributed by atoms with Gasteiger partial charge in [-0.15, -0.1) is 0 Å². The topological polar surface area (TPSA) is 35.6 Å². The highest BCUT2D eigenvalue weighted by atomic mass is 35.5. The van der Waals surface area contributed by atoms with Gasteiger partial charge < -0.3 is 4.57 Å². The predicted octanol–water partition coefficient (Wildman–Crippen LogP) is 1.26. The molecular weight excluding hydrogens is 176 g/mol. The van der Waals surface area contributed by atoms with Crippen LogP contribution in [0.5, 0.6) is 0 Å². The van der Waals surface area contributed by atoms with Crippen molar-refractivity contribution in [3.63, 3.8) is 0 Å². The van der Waals surface area contributed by atoms with Crippen molar-refractivity contribution in [3.8, 4) is 5.95 Å². The van der Waals surface area contributed by atoms with Gasteiger partial charge in [-0.2, -0.15) is 9.78 Å². The second-order valence-electron chi connectivity index (χ2n) is 2.40. The molecule has 0 aromatic carbocycles. The third-order valence-electron chi connectivity index (χ3n) is 1.58. The SMILES string of the molecule is Cn1ccnc1-n1nccc1Cl. The molecule has 2 aromatic rings. The highest BCUT2D eigenvalue weighted by Gasteiger charge is 2.05. The highest BCUT2D eigenvalue weighted by molar-refractivity contribution is 6.29. The largest absolute Gasteiger partial charge is 0.319 e. The zero-order valence-corrected chi connectivity index (χ0v) is 7.23. The zero-order chi connectivity index (χ0) is 8.55. The summed E-state index contributed by atoms with van der Waals surface area (Å²) >= 11 is 5.85. The maximum atomic E-state index is 5.85. The van der Waals surface area contributed by atoms with E-state index >= 15 is 0 Å². The molecule has 0 radical (unpaired) electrons. The molecule has 2 aromatic heterocycles. The summed E-state index contributed by atoms with van der Waals surface area (Å²) < 4.78 is 3.42. The van der Waals surface area contributed by atoms with Gasteiger partial charge in [-0.3, -0.25) is 0 Å². The molecule has 0 spiro atoms. The summed E-state index contributed by atoms with van der Waals surface area (Å²) in [6.45, 7) is 0. The van der Waals surface area contributed by atoms with Crippen LogP contribution >= 0.6 is 11.6 Å². The molecule has 0 unspecified atom stereocenters. The lowest BCUT2D eigenvalue weighted by atomic mass is 10.7. The molecule has 0 N–H and O–H groups in total. The smallest absolute Gasteiger partial charge is 0.231 e. The van der Waals surface area contributed by atoms with Gasteiger partial charge in [0.25, 0.3) is 0 Å². The van der Waals surface area contributed by atoms with Gasteiger partial charge in [0, 0.05) is 19.4 Å². The molecule has 0 aliphatic heterocycles. The Kier molecular flexibility index (Phi) is 1.62. The third-order valence-corrected chi connectivity index (χ3v) is 1.87. The molecule has 0 bridgehead atoms. The van der Waals surface area contributed by atoms with Crippen LogP contribution < -0.4 is 0 Å². The first-order chi connectivity index (χ1) is 5.79. The maximum Gasteiger partial charge on any atom is 0.231 e. The third kappa shape index (κ3) is 1.00. The molecule has 0 saturated heterocycles. The van der Waals surface area contributed by atoms with E-state index in [1.54, 1.807) is 23.1 Å². The van der Waals surface area contributed by atoms with Gasteiger partial charge in [-0.1, -0.05) is 11.6 Å². The molecule has 0 fully saturated rings. The highest BCUT2D eigenvalue weighted by Crippen LogP contribution is 2.11. The summed E-state index contributed by atoms with van der Waals surface area (Å²) in [5.41, 5.74) is 0. The maximum absolute atomic E-state index is 5.85. The minimum Gasteiger partial charge on any atom is -0.319 e. The molecule has 62 valence electrons. The van der Waals surface area contributed by atoms with E-state index in [-0.39, 0.29) is 0 Å². The normalized spacial score (nSPS) is 10.5. The number of hydrogen-bond donors (Lipinski definition) is 0.